The molecule has 2 heteroatoms. The van der Waals surface area contributed by atoms with E-state index in [9.17, 15) is 0 Å². The molecule has 9 aromatic carbocycles. The van der Waals surface area contributed by atoms with E-state index < -0.39 is 0 Å². The number of rotatable bonds is 6. The van der Waals surface area contributed by atoms with Gasteiger partial charge in [-0.05, 0) is 96.7 Å². The van der Waals surface area contributed by atoms with E-state index in [2.05, 4.69) is 201 Å². The predicted octanol–water partition coefficient (Wildman–Crippen LogP) is 14.5. The Bertz CT molecular complexity index is 3170. The molecule has 0 spiro atoms. The molecule has 0 radical (unpaired) electrons. The summed E-state index contributed by atoms with van der Waals surface area (Å²) >= 11 is 0. The van der Waals surface area contributed by atoms with Gasteiger partial charge in [-0.2, -0.15) is 0 Å². The lowest BCUT2D eigenvalue weighted by Gasteiger charge is -2.28. The van der Waals surface area contributed by atoms with Crippen molar-refractivity contribution in [3.8, 4) is 67.3 Å². The van der Waals surface area contributed by atoms with E-state index in [1.54, 1.807) is 0 Å². The van der Waals surface area contributed by atoms with Crippen LogP contribution in [0.4, 0.5) is 0 Å². The quantitative estimate of drug-likeness (QED) is 0.170. The fraction of sp³-hybridized carbons (Fsp3) is 0.0357. The largest absolute Gasteiger partial charge is 0.228 e. The van der Waals surface area contributed by atoms with E-state index in [-0.39, 0.29) is 5.41 Å². The molecule has 2 nitrogen and oxygen atoms in total. The molecule has 10 aromatic rings. The molecule has 0 amide bonds. The first-order chi connectivity index (χ1) is 28.6. The molecule has 0 bridgehead atoms. The summed E-state index contributed by atoms with van der Waals surface area (Å²) in [7, 11) is 0. The van der Waals surface area contributed by atoms with Crippen molar-refractivity contribution in [3.05, 3.63) is 229 Å². The lowest BCUT2D eigenvalue weighted by molar-refractivity contribution is 0.714. The maximum Gasteiger partial charge on any atom is 0.160 e. The minimum atomic E-state index is -0.236. The topological polar surface area (TPSA) is 25.8 Å². The maximum atomic E-state index is 5.22. The van der Waals surface area contributed by atoms with Crippen molar-refractivity contribution in [1.29, 1.82) is 0 Å². The molecule has 0 saturated carbocycles. The molecule has 1 aromatic heterocycles. The highest BCUT2D eigenvalue weighted by Gasteiger charge is 2.41. The fourth-order valence-electron chi connectivity index (χ4n) is 9.28. The highest BCUT2D eigenvalue weighted by atomic mass is 14.9. The standard InChI is InChI=1S/C56H38N2/c1-56(43-20-9-4-10-21-43)50-26-14-13-24-49(50)54-45(25-15-27-51(54)56)41-30-28-40-35-42(31-29-39(40)34-41)52-36-53(58-55(57-52)38-18-7-3-8-19-38)48-33-32-44(37-16-5-2-6-17-37)46-22-11-12-23-47(46)48/h2-36H,1H3. The Balaban J connectivity index is 1.03. The second kappa shape index (κ2) is 13.7. The van der Waals surface area contributed by atoms with Crippen molar-refractivity contribution in [2.45, 2.75) is 12.3 Å². The Morgan fingerprint density at radius 2 is 0.897 bits per heavy atom. The first-order valence-electron chi connectivity index (χ1n) is 20.0. The predicted molar refractivity (Wildman–Crippen MR) is 242 cm³/mol. The first kappa shape index (κ1) is 33.9. The number of benzene rings is 9. The van der Waals surface area contributed by atoms with Crippen LogP contribution in [0.5, 0.6) is 0 Å². The van der Waals surface area contributed by atoms with E-state index in [1.165, 1.54) is 66.2 Å². The van der Waals surface area contributed by atoms with Gasteiger partial charge in [0.05, 0.1) is 11.4 Å². The molecule has 1 heterocycles. The third-order valence-corrected chi connectivity index (χ3v) is 12.2. The Labute approximate surface area is 338 Å². The number of hydrogen-bond donors (Lipinski definition) is 0. The molecule has 0 N–H and O–H groups in total. The zero-order chi connectivity index (χ0) is 38.6. The Morgan fingerprint density at radius 3 is 1.66 bits per heavy atom. The number of aromatic nitrogens is 2. The van der Waals surface area contributed by atoms with Crippen molar-refractivity contribution in [2.75, 3.05) is 0 Å². The third kappa shape index (κ3) is 5.49. The summed E-state index contributed by atoms with van der Waals surface area (Å²) in [5, 5.41) is 4.72. The molecule has 1 aliphatic carbocycles. The summed E-state index contributed by atoms with van der Waals surface area (Å²) in [6.07, 6.45) is 0. The second-order valence-electron chi connectivity index (χ2n) is 15.4. The van der Waals surface area contributed by atoms with Crippen LogP contribution >= 0.6 is 0 Å². The van der Waals surface area contributed by atoms with Gasteiger partial charge < -0.3 is 0 Å². The monoisotopic (exact) mass is 738 g/mol. The summed E-state index contributed by atoms with van der Waals surface area (Å²) in [6.45, 7) is 2.38. The van der Waals surface area contributed by atoms with E-state index in [1.807, 2.05) is 18.2 Å². The van der Waals surface area contributed by atoms with Gasteiger partial charge in [0.25, 0.3) is 0 Å². The molecule has 1 aliphatic rings. The van der Waals surface area contributed by atoms with Crippen LogP contribution in [0.3, 0.4) is 0 Å². The van der Waals surface area contributed by atoms with Crippen LogP contribution in [0.25, 0.3) is 88.8 Å². The molecule has 1 atom stereocenters. The molecule has 11 rings (SSSR count). The first-order valence-corrected chi connectivity index (χ1v) is 20.0. The summed E-state index contributed by atoms with van der Waals surface area (Å²) in [4.78, 5) is 10.4. The molecule has 0 saturated heterocycles. The Kier molecular flexibility index (Phi) is 7.97. The van der Waals surface area contributed by atoms with E-state index in [0.29, 0.717) is 5.82 Å². The van der Waals surface area contributed by atoms with Gasteiger partial charge in [0, 0.05) is 22.1 Å². The van der Waals surface area contributed by atoms with Crippen LogP contribution in [0.15, 0.2) is 212 Å². The van der Waals surface area contributed by atoms with Gasteiger partial charge in [0.1, 0.15) is 0 Å². The average Bonchev–Trinajstić information content (AvgIpc) is 3.57. The number of fused-ring (bicyclic) bond motifs is 5. The van der Waals surface area contributed by atoms with Crippen LogP contribution in [0.1, 0.15) is 23.6 Å². The van der Waals surface area contributed by atoms with Crippen molar-refractivity contribution < 1.29 is 0 Å². The van der Waals surface area contributed by atoms with Gasteiger partial charge in [0.15, 0.2) is 5.82 Å². The zero-order valence-electron chi connectivity index (χ0n) is 32.1. The van der Waals surface area contributed by atoms with E-state index >= 15 is 0 Å². The highest BCUT2D eigenvalue weighted by molar-refractivity contribution is 6.05. The minimum Gasteiger partial charge on any atom is -0.228 e. The van der Waals surface area contributed by atoms with Gasteiger partial charge >= 0.3 is 0 Å². The van der Waals surface area contributed by atoms with Gasteiger partial charge in [-0.15, -0.1) is 0 Å². The van der Waals surface area contributed by atoms with Crippen LogP contribution in [0.2, 0.25) is 0 Å². The molecule has 272 valence electrons. The Hall–Kier alpha value is -7.42. The van der Waals surface area contributed by atoms with Crippen LogP contribution in [0, 0.1) is 0 Å². The normalized spacial score (nSPS) is 14.4. The number of hydrogen-bond acceptors (Lipinski definition) is 2. The van der Waals surface area contributed by atoms with Crippen LogP contribution in [-0.4, -0.2) is 9.97 Å². The van der Waals surface area contributed by atoms with Crippen molar-refractivity contribution >= 4 is 21.5 Å². The van der Waals surface area contributed by atoms with E-state index in [4.69, 9.17) is 9.97 Å². The van der Waals surface area contributed by atoms with Crippen molar-refractivity contribution in [2.24, 2.45) is 0 Å². The van der Waals surface area contributed by atoms with Crippen LogP contribution < -0.4 is 0 Å². The second-order valence-corrected chi connectivity index (χ2v) is 15.4. The molecule has 0 aliphatic heterocycles. The molecule has 58 heavy (non-hydrogen) atoms. The molecular weight excluding hydrogens is 701 g/mol. The summed E-state index contributed by atoms with van der Waals surface area (Å²) in [6, 6.07) is 76.5. The van der Waals surface area contributed by atoms with Gasteiger partial charge in [-0.25, -0.2) is 9.97 Å². The summed E-state index contributed by atoms with van der Waals surface area (Å²) in [5.74, 6) is 0.709. The van der Waals surface area contributed by atoms with E-state index in [0.717, 1.165) is 33.5 Å². The molecule has 1 unspecified atom stereocenters. The van der Waals surface area contributed by atoms with Crippen LogP contribution in [-0.2, 0) is 5.41 Å². The molecular formula is C56H38N2. The number of nitrogens with zero attached hydrogens (tertiary/aromatic N) is 2. The minimum absolute atomic E-state index is 0.236. The van der Waals surface area contributed by atoms with Crippen molar-refractivity contribution in [1.82, 2.24) is 9.97 Å². The van der Waals surface area contributed by atoms with Gasteiger partial charge in [0.2, 0.25) is 0 Å². The van der Waals surface area contributed by atoms with Crippen molar-refractivity contribution in [3.63, 3.8) is 0 Å². The van der Waals surface area contributed by atoms with Gasteiger partial charge in [-0.1, -0.05) is 194 Å². The smallest absolute Gasteiger partial charge is 0.160 e. The summed E-state index contributed by atoms with van der Waals surface area (Å²) < 4.78 is 0. The maximum absolute atomic E-state index is 5.22. The lowest BCUT2D eigenvalue weighted by Crippen LogP contribution is -2.22. The van der Waals surface area contributed by atoms with Gasteiger partial charge in [-0.3, -0.25) is 0 Å². The summed E-state index contributed by atoms with van der Waals surface area (Å²) in [5.41, 5.74) is 16.2. The lowest BCUT2D eigenvalue weighted by atomic mass is 9.74. The Morgan fingerprint density at radius 1 is 0.345 bits per heavy atom. The highest BCUT2D eigenvalue weighted by Crippen LogP contribution is 2.55. The average molecular weight is 739 g/mol. The SMILES string of the molecule is CC1(c2ccccc2)c2ccccc2-c2c(-c3ccc4cc(-c5cc(-c6ccc(-c7ccccc7)c7ccccc67)nc(-c6ccccc6)n5)ccc4c3)cccc21. The third-order valence-electron chi connectivity index (χ3n) is 12.2. The molecule has 0 fully saturated rings. The fourth-order valence-corrected chi connectivity index (χ4v) is 9.28. The zero-order valence-corrected chi connectivity index (χ0v) is 32.1.